The van der Waals surface area contributed by atoms with Gasteiger partial charge in [-0.25, -0.2) is 18.7 Å². The highest BCUT2D eigenvalue weighted by Gasteiger charge is 2.27. The van der Waals surface area contributed by atoms with E-state index in [1.807, 2.05) is 13.8 Å². The molecule has 5 nitrogen and oxygen atoms in total. The van der Waals surface area contributed by atoms with Crippen LogP contribution in [0.1, 0.15) is 47.2 Å². The first-order valence-electron chi connectivity index (χ1n) is 9.66. The Morgan fingerprint density at radius 3 is 2.62 bits per heavy atom. The summed E-state index contributed by atoms with van der Waals surface area (Å²) in [5.41, 5.74) is 0.286. The summed E-state index contributed by atoms with van der Waals surface area (Å²) >= 11 is 1.22. The van der Waals surface area contributed by atoms with E-state index in [0.29, 0.717) is 21.6 Å². The summed E-state index contributed by atoms with van der Waals surface area (Å²) in [6.07, 6.45) is 3.38. The van der Waals surface area contributed by atoms with Crippen molar-refractivity contribution in [2.45, 2.75) is 46.1 Å². The SMILES string of the molecule is Cc1nc(N2CCCC[C@H]2C)c2c(C)c(C(=O)Nc3c(F)cccc3F)sc2n1. The molecule has 0 unspecified atom stereocenters. The summed E-state index contributed by atoms with van der Waals surface area (Å²) < 4.78 is 27.9. The lowest BCUT2D eigenvalue weighted by Crippen LogP contribution is -2.38. The summed E-state index contributed by atoms with van der Waals surface area (Å²) in [6.45, 7) is 6.76. The maximum Gasteiger partial charge on any atom is 0.266 e. The molecular weight excluding hydrogens is 394 g/mol. The van der Waals surface area contributed by atoms with Gasteiger partial charge in [-0.05, 0) is 57.7 Å². The van der Waals surface area contributed by atoms with Crippen LogP contribution >= 0.6 is 11.3 Å². The number of carbonyl (C=O) groups is 1. The van der Waals surface area contributed by atoms with Crippen LogP contribution < -0.4 is 10.2 Å². The fraction of sp³-hybridized carbons (Fsp3) is 0.381. The van der Waals surface area contributed by atoms with E-state index in [-0.39, 0.29) is 0 Å². The van der Waals surface area contributed by atoms with Gasteiger partial charge in [-0.3, -0.25) is 4.79 Å². The molecule has 3 aromatic rings. The van der Waals surface area contributed by atoms with Gasteiger partial charge in [-0.1, -0.05) is 6.07 Å². The maximum atomic E-state index is 14.0. The first kappa shape index (κ1) is 19.7. The van der Waals surface area contributed by atoms with E-state index >= 15 is 0 Å². The molecule has 0 saturated carbocycles. The predicted octanol–water partition coefficient (Wildman–Crippen LogP) is 5.22. The molecule has 1 aliphatic rings. The minimum atomic E-state index is -0.810. The zero-order valence-corrected chi connectivity index (χ0v) is 17.4. The number of rotatable bonds is 3. The molecule has 1 aliphatic heterocycles. The molecule has 1 fully saturated rings. The number of hydrogen-bond donors (Lipinski definition) is 1. The standard InChI is InChI=1S/C21H22F2N4OS/c1-11-7-4-5-10-27(11)19-16-12(2)18(29-21(16)25-13(3)24-19)20(28)26-17-14(22)8-6-9-15(17)23/h6,8-9,11H,4-5,7,10H2,1-3H3,(H,26,28)/t11-/m1/s1. The molecule has 152 valence electrons. The van der Waals surface area contributed by atoms with Gasteiger partial charge in [0.1, 0.15) is 33.8 Å². The van der Waals surface area contributed by atoms with Crippen LogP contribution in [0.15, 0.2) is 18.2 Å². The zero-order chi connectivity index (χ0) is 20.7. The molecule has 1 saturated heterocycles. The molecule has 1 aromatic carbocycles. The van der Waals surface area contributed by atoms with Gasteiger partial charge in [0.15, 0.2) is 0 Å². The first-order valence-corrected chi connectivity index (χ1v) is 10.5. The number of fused-ring (bicyclic) bond motifs is 1. The number of amides is 1. The third kappa shape index (κ3) is 3.57. The van der Waals surface area contributed by atoms with Crippen molar-refractivity contribution in [1.29, 1.82) is 0 Å². The molecule has 3 heterocycles. The van der Waals surface area contributed by atoms with E-state index in [9.17, 15) is 13.6 Å². The van der Waals surface area contributed by atoms with E-state index in [1.165, 1.54) is 23.8 Å². The number of nitrogens with one attached hydrogen (secondary N) is 1. The highest BCUT2D eigenvalue weighted by molar-refractivity contribution is 7.20. The number of piperidine rings is 1. The minimum Gasteiger partial charge on any atom is -0.353 e. The predicted molar refractivity (Wildman–Crippen MR) is 112 cm³/mol. The summed E-state index contributed by atoms with van der Waals surface area (Å²) in [6, 6.07) is 3.84. The number of carbonyl (C=O) groups excluding carboxylic acids is 1. The van der Waals surface area contributed by atoms with Gasteiger partial charge in [0, 0.05) is 12.6 Å². The van der Waals surface area contributed by atoms with Crippen molar-refractivity contribution < 1.29 is 13.6 Å². The van der Waals surface area contributed by atoms with Crippen LogP contribution in [0, 0.1) is 25.5 Å². The van der Waals surface area contributed by atoms with Crippen LogP contribution in [-0.2, 0) is 0 Å². The molecule has 0 aliphatic carbocycles. The molecule has 1 amide bonds. The average Bonchev–Trinajstić information content (AvgIpc) is 3.01. The monoisotopic (exact) mass is 416 g/mol. The molecule has 2 aromatic heterocycles. The zero-order valence-electron chi connectivity index (χ0n) is 16.6. The van der Waals surface area contributed by atoms with Gasteiger partial charge in [0.25, 0.3) is 5.91 Å². The number of para-hydroxylation sites is 1. The number of anilines is 2. The number of thiophene rings is 1. The minimum absolute atomic E-state index is 0.352. The number of hydrogen-bond acceptors (Lipinski definition) is 5. The van der Waals surface area contributed by atoms with Crippen LogP contribution in [0.3, 0.4) is 0 Å². The fourth-order valence-electron chi connectivity index (χ4n) is 3.85. The van der Waals surface area contributed by atoms with Crippen molar-refractivity contribution in [2.24, 2.45) is 0 Å². The lowest BCUT2D eigenvalue weighted by molar-refractivity contribution is 0.102. The second-order valence-corrected chi connectivity index (χ2v) is 8.42. The Hall–Kier alpha value is -2.61. The van der Waals surface area contributed by atoms with Crippen LogP contribution in [0.2, 0.25) is 0 Å². The molecule has 0 bridgehead atoms. The molecule has 8 heteroatoms. The number of nitrogens with zero attached hydrogens (tertiary/aromatic N) is 3. The van der Waals surface area contributed by atoms with Gasteiger partial charge >= 0.3 is 0 Å². The van der Waals surface area contributed by atoms with E-state index in [2.05, 4.69) is 22.1 Å². The Labute approximate surface area is 171 Å². The van der Waals surface area contributed by atoms with Crippen LogP contribution in [0.4, 0.5) is 20.3 Å². The molecule has 29 heavy (non-hydrogen) atoms. The highest BCUT2D eigenvalue weighted by Crippen LogP contribution is 2.38. The van der Waals surface area contributed by atoms with Gasteiger partial charge in [-0.15, -0.1) is 11.3 Å². The van der Waals surface area contributed by atoms with E-state index in [4.69, 9.17) is 4.98 Å². The number of aromatic nitrogens is 2. The van der Waals surface area contributed by atoms with E-state index in [1.54, 1.807) is 0 Å². The Balaban J connectivity index is 1.78. The quantitative estimate of drug-likeness (QED) is 0.636. The third-order valence-electron chi connectivity index (χ3n) is 5.37. The summed E-state index contributed by atoms with van der Waals surface area (Å²) in [5, 5.41) is 3.22. The first-order chi connectivity index (χ1) is 13.9. The molecular formula is C21H22F2N4OS. The van der Waals surface area contributed by atoms with Crippen molar-refractivity contribution in [2.75, 3.05) is 16.8 Å². The largest absolute Gasteiger partial charge is 0.353 e. The number of benzene rings is 1. The molecule has 0 spiro atoms. The Morgan fingerprint density at radius 1 is 1.21 bits per heavy atom. The van der Waals surface area contributed by atoms with E-state index < -0.39 is 23.2 Å². The summed E-state index contributed by atoms with van der Waals surface area (Å²) in [5.74, 6) is -0.695. The van der Waals surface area contributed by atoms with E-state index in [0.717, 1.165) is 48.3 Å². The van der Waals surface area contributed by atoms with Crippen molar-refractivity contribution in [3.8, 4) is 0 Å². The molecule has 0 radical (unpaired) electrons. The van der Waals surface area contributed by atoms with Crippen molar-refractivity contribution in [3.63, 3.8) is 0 Å². The summed E-state index contributed by atoms with van der Waals surface area (Å²) in [7, 11) is 0. The highest BCUT2D eigenvalue weighted by atomic mass is 32.1. The Morgan fingerprint density at radius 2 is 1.93 bits per heavy atom. The van der Waals surface area contributed by atoms with Crippen molar-refractivity contribution in [1.82, 2.24) is 9.97 Å². The smallest absolute Gasteiger partial charge is 0.266 e. The normalized spacial score (nSPS) is 17.0. The molecule has 1 N–H and O–H groups in total. The number of halogens is 2. The molecule has 1 atom stereocenters. The lowest BCUT2D eigenvalue weighted by atomic mass is 10.0. The summed E-state index contributed by atoms with van der Waals surface area (Å²) in [4.78, 5) is 25.4. The van der Waals surface area contributed by atoms with Crippen molar-refractivity contribution >= 4 is 39.0 Å². The maximum absolute atomic E-state index is 14.0. The third-order valence-corrected chi connectivity index (χ3v) is 6.55. The van der Waals surface area contributed by atoms with Gasteiger partial charge < -0.3 is 10.2 Å². The van der Waals surface area contributed by atoms with Gasteiger partial charge in [0.2, 0.25) is 0 Å². The lowest BCUT2D eigenvalue weighted by Gasteiger charge is -2.35. The fourth-order valence-corrected chi connectivity index (χ4v) is 4.96. The second-order valence-electron chi connectivity index (χ2n) is 7.42. The van der Waals surface area contributed by atoms with Crippen LogP contribution in [0.5, 0.6) is 0 Å². The number of aryl methyl sites for hydroxylation is 2. The Bertz CT molecular complexity index is 1080. The topological polar surface area (TPSA) is 58.1 Å². The average molecular weight is 416 g/mol. The van der Waals surface area contributed by atoms with Crippen LogP contribution in [0.25, 0.3) is 10.2 Å². The molecule has 4 rings (SSSR count). The van der Waals surface area contributed by atoms with Gasteiger partial charge in [-0.2, -0.15) is 0 Å². The second kappa shape index (κ2) is 7.67. The van der Waals surface area contributed by atoms with Crippen molar-refractivity contribution in [3.05, 3.63) is 46.1 Å². The Kier molecular flexibility index (Phi) is 5.21. The van der Waals surface area contributed by atoms with Gasteiger partial charge in [0.05, 0.1) is 10.3 Å². The van der Waals surface area contributed by atoms with Crippen LogP contribution in [-0.4, -0.2) is 28.5 Å².